The summed E-state index contributed by atoms with van der Waals surface area (Å²) in [6.45, 7) is 1.92. The first-order valence-corrected chi connectivity index (χ1v) is 10.4. The first-order valence-electron chi connectivity index (χ1n) is 10.4. The smallest absolute Gasteiger partial charge is 0.314 e. The Balaban J connectivity index is 1.52. The Morgan fingerprint density at radius 1 is 0.967 bits per heavy atom. The van der Waals surface area contributed by atoms with Crippen LogP contribution in [0.1, 0.15) is 49.8 Å². The van der Waals surface area contributed by atoms with Crippen LogP contribution in [-0.4, -0.2) is 37.5 Å². The Labute approximate surface area is 177 Å². The second kappa shape index (κ2) is 12.4. The van der Waals surface area contributed by atoms with E-state index in [9.17, 15) is 4.79 Å². The van der Waals surface area contributed by atoms with E-state index in [4.69, 9.17) is 27.0 Å². The lowest BCUT2D eigenvalue weighted by Crippen LogP contribution is -2.36. The number of rotatable bonds is 13. The van der Waals surface area contributed by atoms with E-state index in [-0.39, 0.29) is 17.8 Å². The average Bonchev–Trinajstić information content (AvgIpc) is 3.11. The van der Waals surface area contributed by atoms with Crippen molar-refractivity contribution in [3.63, 3.8) is 0 Å². The molecule has 0 bridgehead atoms. The van der Waals surface area contributed by atoms with Crippen LogP contribution in [0, 0.1) is 5.41 Å². The van der Waals surface area contributed by atoms with Crippen molar-refractivity contribution in [2.24, 2.45) is 22.2 Å². The van der Waals surface area contributed by atoms with Gasteiger partial charge in [-0.3, -0.25) is 10.4 Å². The Morgan fingerprint density at radius 3 is 2.40 bits per heavy atom. The van der Waals surface area contributed by atoms with Gasteiger partial charge in [-0.1, -0.05) is 19.3 Å². The van der Waals surface area contributed by atoms with Crippen molar-refractivity contribution in [1.82, 2.24) is 10.6 Å². The summed E-state index contributed by atoms with van der Waals surface area (Å²) < 4.78 is 5.79. The van der Waals surface area contributed by atoms with Crippen molar-refractivity contribution >= 4 is 28.8 Å². The van der Waals surface area contributed by atoms with Gasteiger partial charge in [0.1, 0.15) is 17.2 Å². The van der Waals surface area contributed by atoms with E-state index in [1.165, 1.54) is 0 Å². The minimum atomic E-state index is -0.140. The molecule has 0 radical (unpaired) electrons. The van der Waals surface area contributed by atoms with Crippen LogP contribution in [0.5, 0.6) is 0 Å². The molecule has 9 N–H and O–H groups in total. The number of carbonyl (C=O) groups is 1. The summed E-state index contributed by atoms with van der Waals surface area (Å²) in [5.74, 6) is 1.04. The number of furan rings is 1. The molecule has 0 aliphatic rings. The summed E-state index contributed by atoms with van der Waals surface area (Å²) in [5, 5.41) is 14.2. The lowest BCUT2D eigenvalue weighted by Gasteiger charge is -2.07. The van der Waals surface area contributed by atoms with Crippen molar-refractivity contribution in [3.8, 4) is 0 Å². The molecule has 9 heteroatoms. The monoisotopic (exact) mass is 415 g/mol. The van der Waals surface area contributed by atoms with Crippen LogP contribution >= 0.6 is 0 Å². The SMILES string of the molecule is N=C(N)c1ccc2oc(CCCNC(=O)NCCCCCCCN=C(N)N)cc2c1. The van der Waals surface area contributed by atoms with Crippen molar-refractivity contribution in [2.75, 3.05) is 19.6 Å². The second-order valence-corrected chi connectivity index (χ2v) is 7.24. The topological polar surface area (TPSA) is 169 Å². The molecule has 0 aliphatic heterocycles. The predicted molar refractivity (Wildman–Crippen MR) is 121 cm³/mol. The predicted octanol–water partition coefficient (Wildman–Crippen LogP) is 2.17. The Kier molecular flexibility index (Phi) is 9.50. The highest BCUT2D eigenvalue weighted by Crippen LogP contribution is 2.21. The zero-order chi connectivity index (χ0) is 21.8. The van der Waals surface area contributed by atoms with Gasteiger partial charge in [-0.25, -0.2) is 4.79 Å². The van der Waals surface area contributed by atoms with Crippen LogP contribution in [0.4, 0.5) is 4.79 Å². The van der Waals surface area contributed by atoms with E-state index >= 15 is 0 Å². The average molecular weight is 416 g/mol. The molecule has 0 fully saturated rings. The fourth-order valence-electron chi connectivity index (χ4n) is 3.09. The quantitative estimate of drug-likeness (QED) is 0.167. The highest BCUT2D eigenvalue weighted by atomic mass is 16.3. The molecular formula is C21H33N7O2. The van der Waals surface area contributed by atoms with Crippen molar-refractivity contribution in [1.29, 1.82) is 5.41 Å². The van der Waals surface area contributed by atoms with Gasteiger partial charge < -0.3 is 32.3 Å². The molecule has 2 aromatic rings. The van der Waals surface area contributed by atoms with Gasteiger partial charge in [0.15, 0.2) is 5.96 Å². The summed E-state index contributed by atoms with van der Waals surface area (Å²) >= 11 is 0. The van der Waals surface area contributed by atoms with Crippen LogP contribution in [0.3, 0.4) is 0 Å². The maximum absolute atomic E-state index is 11.8. The molecule has 2 amide bonds. The lowest BCUT2D eigenvalue weighted by molar-refractivity contribution is 0.240. The number of nitrogen functional groups attached to an aromatic ring is 1. The van der Waals surface area contributed by atoms with Gasteiger partial charge in [0.25, 0.3) is 0 Å². The van der Waals surface area contributed by atoms with Crippen LogP contribution in [0.2, 0.25) is 0 Å². The second-order valence-electron chi connectivity index (χ2n) is 7.24. The molecule has 0 saturated carbocycles. The normalized spacial score (nSPS) is 10.7. The molecule has 0 saturated heterocycles. The minimum absolute atomic E-state index is 0.0395. The van der Waals surface area contributed by atoms with Crippen LogP contribution in [0.15, 0.2) is 33.7 Å². The number of benzene rings is 1. The number of amides is 2. The number of amidine groups is 1. The van der Waals surface area contributed by atoms with Gasteiger partial charge >= 0.3 is 6.03 Å². The molecule has 0 unspecified atom stereocenters. The highest BCUT2D eigenvalue weighted by molar-refractivity contribution is 5.98. The first-order chi connectivity index (χ1) is 14.5. The molecule has 0 atom stereocenters. The molecular weight excluding hydrogens is 382 g/mol. The van der Waals surface area contributed by atoms with Gasteiger partial charge in [-0.15, -0.1) is 0 Å². The number of hydrogen-bond acceptors (Lipinski definition) is 4. The van der Waals surface area contributed by atoms with Crippen molar-refractivity contribution in [3.05, 3.63) is 35.6 Å². The highest BCUT2D eigenvalue weighted by Gasteiger charge is 2.06. The number of fused-ring (bicyclic) bond motifs is 1. The maximum atomic E-state index is 11.8. The number of nitrogens with zero attached hydrogens (tertiary/aromatic N) is 1. The van der Waals surface area contributed by atoms with Gasteiger partial charge in [-0.2, -0.15) is 0 Å². The number of urea groups is 1. The largest absolute Gasteiger partial charge is 0.461 e. The Hall–Kier alpha value is -3.23. The van der Waals surface area contributed by atoms with Crippen LogP contribution in [-0.2, 0) is 6.42 Å². The number of guanidine groups is 1. The summed E-state index contributed by atoms with van der Waals surface area (Å²) in [6, 6.07) is 7.26. The molecule has 1 aromatic carbocycles. The summed E-state index contributed by atoms with van der Waals surface area (Å²) in [6.07, 6.45) is 6.70. The van der Waals surface area contributed by atoms with E-state index in [1.54, 1.807) is 6.07 Å². The van der Waals surface area contributed by atoms with E-state index in [1.807, 2.05) is 18.2 Å². The third kappa shape index (κ3) is 8.42. The maximum Gasteiger partial charge on any atom is 0.314 e. The van der Waals surface area contributed by atoms with Gasteiger partial charge in [-0.05, 0) is 43.5 Å². The third-order valence-electron chi connectivity index (χ3n) is 4.68. The number of carbonyl (C=O) groups excluding carboxylic acids is 1. The molecule has 1 heterocycles. The molecule has 2 rings (SSSR count). The number of unbranched alkanes of at least 4 members (excludes halogenated alkanes) is 4. The number of nitrogens with one attached hydrogen (secondary N) is 3. The molecule has 30 heavy (non-hydrogen) atoms. The first kappa shape index (κ1) is 23.1. The Bertz CT molecular complexity index is 856. The van der Waals surface area contributed by atoms with Crippen LogP contribution in [0.25, 0.3) is 11.0 Å². The molecule has 0 aliphatic carbocycles. The summed E-state index contributed by atoms with van der Waals surface area (Å²) in [5.41, 5.74) is 17.5. The third-order valence-corrected chi connectivity index (χ3v) is 4.68. The zero-order valence-electron chi connectivity index (χ0n) is 17.4. The minimum Gasteiger partial charge on any atom is -0.461 e. The summed E-state index contributed by atoms with van der Waals surface area (Å²) in [7, 11) is 0. The number of aryl methyl sites for hydroxylation is 1. The number of nitrogens with two attached hydrogens (primary N) is 3. The van der Waals surface area contributed by atoms with Crippen LogP contribution < -0.4 is 27.8 Å². The van der Waals surface area contributed by atoms with Crippen molar-refractivity contribution < 1.29 is 9.21 Å². The lowest BCUT2D eigenvalue weighted by atomic mass is 10.1. The van der Waals surface area contributed by atoms with E-state index in [0.717, 1.165) is 61.7 Å². The fourth-order valence-corrected chi connectivity index (χ4v) is 3.09. The molecule has 164 valence electrons. The molecule has 0 spiro atoms. The van der Waals surface area contributed by atoms with E-state index in [2.05, 4.69) is 15.6 Å². The standard InChI is InChI=1S/C21H33N7O2/c22-19(23)15-8-9-18-16(13-15)14-17(30-18)7-6-12-28-21(29)27-11-5-3-1-2-4-10-26-20(24)25/h8-9,13-14H,1-7,10-12H2,(H3,22,23)(H4,24,25,26)(H2,27,28,29). The van der Waals surface area contributed by atoms with Gasteiger partial charge in [0, 0.05) is 37.0 Å². The van der Waals surface area contributed by atoms with E-state index in [0.29, 0.717) is 25.2 Å². The zero-order valence-corrected chi connectivity index (χ0v) is 17.4. The number of aliphatic imine (C=N–C) groups is 1. The molecule has 1 aromatic heterocycles. The van der Waals surface area contributed by atoms with Gasteiger partial charge in [0.2, 0.25) is 0 Å². The van der Waals surface area contributed by atoms with E-state index < -0.39 is 0 Å². The van der Waals surface area contributed by atoms with Crippen molar-refractivity contribution in [2.45, 2.75) is 44.9 Å². The number of hydrogen-bond donors (Lipinski definition) is 6. The van der Waals surface area contributed by atoms with Gasteiger partial charge in [0.05, 0.1) is 0 Å². The fraction of sp³-hybridized carbons (Fsp3) is 0.476. The molecule has 9 nitrogen and oxygen atoms in total. The summed E-state index contributed by atoms with van der Waals surface area (Å²) in [4.78, 5) is 15.8. The Morgan fingerprint density at radius 2 is 1.67 bits per heavy atom.